The lowest BCUT2D eigenvalue weighted by molar-refractivity contribution is 0.0660. The number of carbonyl (C=O) groups excluding carboxylic acids is 2. The van der Waals surface area contributed by atoms with E-state index in [2.05, 4.69) is 0 Å². The quantitative estimate of drug-likeness (QED) is 0.811. The van der Waals surface area contributed by atoms with Crippen LogP contribution in [0, 0.1) is 0 Å². The molecule has 0 saturated carbocycles. The molecule has 3 nitrogen and oxygen atoms in total. The fraction of sp³-hybridized carbons (Fsp3) is 0.111. The number of nitrogens with zero attached hydrogens (tertiary/aromatic N) is 1. The minimum Gasteiger partial charge on any atom is -0.269 e. The Hall–Kier alpha value is -2.75. The van der Waals surface area contributed by atoms with Crippen molar-refractivity contribution in [1.82, 2.24) is 4.90 Å². The Morgan fingerprint density at radius 3 is 2.05 bits per heavy atom. The molecule has 22 heavy (non-hydrogen) atoms. The van der Waals surface area contributed by atoms with Crippen molar-refractivity contribution in [3.63, 3.8) is 0 Å². The Morgan fingerprint density at radius 2 is 1.45 bits per heavy atom. The van der Waals surface area contributed by atoms with E-state index in [1.807, 2.05) is 30.3 Å². The van der Waals surface area contributed by atoms with E-state index < -0.39 is 17.6 Å². The van der Waals surface area contributed by atoms with Gasteiger partial charge < -0.3 is 0 Å². The molecule has 1 aliphatic rings. The van der Waals surface area contributed by atoms with Gasteiger partial charge in [-0.3, -0.25) is 14.5 Å². The van der Waals surface area contributed by atoms with Gasteiger partial charge in [-0.05, 0) is 30.2 Å². The Balaban J connectivity index is 1.71. The molecular weight excluding hydrogens is 281 g/mol. The zero-order valence-electron chi connectivity index (χ0n) is 11.8. The van der Waals surface area contributed by atoms with Gasteiger partial charge in [0.25, 0.3) is 11.8 Å². The molecule has 3 rings (SSSR count). The predicted molar refractivity (Wildman–Crippen MR) is 81.1 cm³/mol. The molecule has 110 valence electrons. The lowest BCUT2D eigenvalue weighted by Crippen LogP contribution is -2.31. The van der Waals surface area contributed by atoms with Gasteiger partial charge in [0.15, 0.2) is 0 Å². The summed E-state index contributed by atoms with van der Waals surface area (Å²) in [6.45, 7) is -0.320. The first-order valence-electron chi connectivity index (χ1n) is 7.00. The zero-order chi connectivity index (χ0) is 15.5. The van der Waals surface area contributed by atoms with Crippen molar-refractivity contribution in [3.8, 4) is 0 Å². The predicted octanol–water partition coefficient (Wildman–Crippen LogP) is 3.38. The van der Waals surface area contributed by atoms with Gasteiger partial charge in [0.1, 0.15) is 5.83 Å². The maximum absolute atomic E-state index is 14.0. The molecule has 0 bridgehead atoms. The topological polar surface area (TPSA) is 37.4 Å². The van der Waals surface area contributed by atoms with E-state index >= 15 is 0 Å². The van der Waals surface area contributed by atoms with Gasteiger partial charge in [-0.15, -0.1) is 0 Å². The first kappa shape index (κ1) is 14.2. The van der Waals surface area contributed by atoms with Crippen LogP contribution < -0.4 is 0 Å². The molecule has 0 aromatic heterocycles. The highest BCUT2D eigenvalue weighted by Gasteiger charge is 2.35. The molecule has 2 aromatic rings. The van der Waals surface area contributed by atoms with E-state index in [1.54, 1.807) is 24.3 Å². The number of fused-ring (bicyclic) bond motifs is 1. The van der Waals surface area contributed by atoms with Gasteiger partial charge >= 0.3 is 0 Å². The summed E-state index contributed by atoms with van der Waals surface area (Å²) in [7, 11) is 0. The lowest BCUT2D eigenvalue weighted by atomic mass is 10.1. The third kappa shape index (κ3) is 2.68. The van der Waals surface area contributed by atoms with Crippen LogP contribution in [0.3, 0.4) is 0 Å². The summed E-state index contributed by atoms with van der Waals surface area (Å²) in [6, 6.07) is 16.0. The molecule has 0 N–H and O–H groups in total. The summed E-state index contributed by atoms with van der Waals surface area (Å²) in [4.78, 5) is 25.2. The van der Waals surface area contributed by atoms with E-state index in [4.69, 9.17) is 0 Å². The summed E-state index contributed by atoms with van der Waals surface area (Å²) in [5.74, 6) is -1.37. The number of amides is 2. The highest BCUT2D eigenvalue weighted by Crippen LogP contribution is 2.23. The highest BCUT2D eigenvalue weighted by molar-refractivity contribution is 6.21. The normalized spacial score (nSPS) is 14.4. The van der Waals surface area contributed by atoms with Crippen molar-refractivity contribution in [3.05, 3.63) is 83.2 Å². The number of benzene rings is 2. The Labute approximate surface area is 127 Å². The summed E-state index contributed by atoms with van der Waals surface area (Å²) < 4.78 is 14.0. The second kappa shape index (κ2) is 5.93. The number of allylic oxidation sites excluding steroid dienone is 1. The van der Waals surface area contributed by atoms with Crippen LogP contribution in [0.2, 0.25) is 0 Å². The first-order valence-corrected chi connectivity index (χ1v) is 7.00. The molecule has 2 aromatic carbocycles. The van der Waals surface area contributed by atoms with E-state index in [-0.39, 0.29) is 6.54 Å². The number of carbonyl (C=O) groups is 2. The molecule has 1 aliphatic heterocycles. The van der Waals surface area contributed by atoms with Crippen molar-refractivity contribution in [1.29, 1.82) is 0 Å². The molecule has 1 heterocycles. The van der Waals surface area contributed by atoms with Gasteiger partial charge in [0, 0.05) is 0 Å². The molecule has 2 amide bonds. The second-order valence-corrected chi connectivity index (χ2v) is 5.08. The molecule has 0 atom stereocenters. The van der Waals surface area contributed by atoms with Gasteiger partial charge in [0.05, 0.1) is 17.7 Å². The largest absolute Gasteiger partial charge is 0.269 e. The average Bonchev–Trinajstić information content (AvgIpc) is 2.79. The van der Waals surface area contributed by atoms with Crippen LogP contribution in [0.4, 0.5) is 4.39 Å². The number of rotatable bonds is 4. The van der Waals surface area contributed by atoms with Gasteiger partial charge in [0.2, 0.25) is 0 Å². The summed E-state index contributed by atoms with van der Waals surface area (Å²) in [5.41, 5.74) is 1.65. The maximum Gasteiger partial charge on any atom is 0.261 e. The van der Waals surface area contributed by atoms with Crippen molar-refractivity contribution in [2.45, 2.75) is 6.42 Å². The van der Waals surface area contributed by atoms with Crippen LogP contribution >= 0.6 is 0 Å². The molecule has 0 unspecified atom stereocenters. The van der Waals surface area contributed by atoms with Crippen LogP contribution in [-0.2, 0) is 6.42 Å². The molecule has 0 saturated heterocycles. The monoisotopic (exact) mass is 295 g/mol. The van der Waals surface area contributed by atoms with Crippen LogP contribution in [0.5, 0.6) is 0 Å². The van der Waals surface area contributed by atoms with Gasteiger partial charge in [-0.1, -0.05) is 42.5 Å². The molecule has 0 spiro atoms. The third-order valence-electron chi connectivity index (χ3n) is 3.59. The SMILES string of the molecule is O=C1c2ccccc2C(=O)N1C/C(F)=C/Cc1ccccc1. The summed E-state index contributed by atoms with van der Waals surface area (Å²) >= 11 is 0. The standard InChI is InChI=1S/C18H14FNO2/c19-14(11-10-13-6-2-1-3-7-13)12-20-17(21)15-8-4-5-9-16(15)18(20)22/h1-9,11H,10,12H2/b14-11-. The van der Waals surface area contributed by atoms with Crippen molar-refractivity contribution >= 4 is 11.8 Å². The van der Waals surface area contributed by atoms with Crippen LogP contribution in [0.15, 0.2) is 66.5 Å². The van der Waals surface area contributed by atoms with Gasteiger partial charge in [-0.25, -0.2) is 4.39 Å². The van der Waals surface area contributed by atoms with Crippen molar-refractivity contribution < 1.29 is 14.0 Å². The van der Waals surface area contributed by atoms with Crippen LogP contribution in [0.1, 0.15) is 26.3 Å². The molecular formula is C18H14FNO2. The number of hydrogen-bond donors (Lipinski definition) is 0. The van der Waals surface area contributed by atoms with E-state index in [0.717, 1.165) is 10.5 Å². The fourth-order valence-corrected chi connectivity index (χ4v) is 2.44. The lowest BCUT2D eigenvalue weighted by Gasteiger charge is -2.12. The molecule has 0 radical (unpaired) electrons. The number of halogens is 1. The number of imide groups is 1. The molecule has 0 aliphatic carbocycles. The van der Waals surface area contributed by atoms with E-state index in [9.17, 15) is 14.0 Å². The van der Waals surface area contributed by atoms with E-state index in [0.29, 0.717) is 17.5 Å². The molecule has 0 fully saturated rings. The molecule has 4 heteroatoms. The Morgan fingerprint density at radius 1 is 0.909 bits per heavy atom. The van der Waals surface area contributed by atoms with E-state index in [1.165, 1.54) is 6.08 Å². The minimum absolute atomic E-state index is 0.320. The van der Waals surface area contributed by atoms with Gasteiger partial charge in [-0.2, -0.15) is 0 Å². The second-order valence-electron chi connectivity index (χ2n) is 5.08. The van der Waals surface area contributed by atoms with Crippen LogP contribution in [0.25, 0.3) is 0 Å². The average molecular weight is 295 g/mol. The summed E-state index contributed by atoms with van der Waals surface area (Å²) in [5, 5.41) is 0. The maximum atomic E-state index is 14.0. The minimum atomic E-state index is -0.488. The van der Waals surface area contributed by atoms with Crippen molar-refractivity contribution in [2.75, 3.05) is 6.54 Å². The Bertz CT molecular complexity index is 718. The number of hydrogen-bond acceptors (Lipinski definition) is 2. The fourth-order valence-electron chi connectivity index (χ4n) is 2.44. The summed E-state index contributed by atoms with van der Waals surface area (Å²) in [6.07, 6.45) is 1.83. The zero-order valence-corrected chi connectivity index (χ0v) is 11.8. The smallest absolute Gasteiger partial charge is 0.261 e. The van der Waals surface area contributed by atoms with Crippen LogP contribution in [-0.4, -0.2) is 23.3 Å². The van der Waals surface area contributed by atoms with Crippen molar-refractivity contribution in [2.24, 2.45) is 0 Å². The Kier molecular flexibility index (Phi) is 3.83. The third-order valence-corrected chi connectivity index (χ3v) is 3.59. The highest BCUT2D eigenvalue weighted by atomic mass is 19.1. The first-order chi connectivity index (χ1) is 10.7.